The zero-order valence-corrected chi connectivity index (χ0v) is 8.57. The van der Waals surface area contributed by atoms with E-state index in [9.17, 15) is 0 Å². The lowest BCUT2D eigenvalue weighted by atomic mass is 10.2. The standard InChI is InChI=1S/C10H17N3O/c1-8-3-2-4-13(8)7-10-5-9(6-11)12-14-10/h5,8H,2-4,6-7,11H2,1H3. The lowest BCUT2D eigenvalue weighted by molar-refractivity contribution is 0.226. The highest BCUT2D eigenvalue weighted by atomic mass is 16.5. The third-order valence-electron chi connectivity index (χ3n) is 2.87. The summed E-state index contributed by atoms with van der Waals surface area (Å²) < 4.78 is 5.19. The van der Waals surface area contributed by atoms with Crippen molar-refractivity contribution in [3.05, 3.63) is 17.5 Å². The quantitative estimate of drug-likeness (QED) is 0.785. The van der Waals surface area contributed by atoms with Gasteiger partial charge in [0.05, 0.1) is 12.2 Å². The highest BCUT2D eigenvalue weighted by Gasteiger charge is 2.21. The summed E-state index contributed by atoms with van der Waals surface area (Å²) in [6.45, 7) is 4.75. The van der Waals surface area contributed by atoms with E-state index in [0.29, 0.717) is 12.6 Å². The Kier molecular flexibility index (Phi) is 2.84. The molecule has 2 N–H and O–H groups in total. The predicted octanol–water partition coefficient (Wildman–Crippen LogP) is 1.12. The zero-order valence-electron chi connectivity index (χ0n) is 8.57. The summed E-state index contributed by atoms with van der Waals surface area (Å²) in [7, 11) is 0. The summed E-state index contributed by atoms with van der Waals surface area (Å²) in [5.41, 5.74) is 6.30. The average Bonchev–Trinajstić information content (AvgIpc) is 2.77. The van der Waals surface area contributed by atoms with Crippen LogP contribution in [0.3, 0.4) is 0 Å². The van der Waals surface area contributed by atoms with E-state index in [4.69, 9.17) is 10.3 Å². The van der Waals surface area contributed by atoms with Crippen LogP contribution in [0, 0.1) is 0 Å². The molecule has 1 aromatic rings. The van der Waals surface area contributed by atoms with E-state index >= 15 is 0 Å². The molecule has 1 aromatic heterocycles. The second-order valence-electron chi connectivity index (χ2n) is 3.95. The molecule has 2 rings (SSSR count). The lowest BCUT2D eigenvalue weighted by Gasteiger charge is -2.18. The number of rotatable bonds is 3. The minimum Gasteiger partial charge on any atom is -0.360 e. The van der Waals surface area contributed by atoms with Gasteiger partial charge in [-0.3, -0.25) is 4.90 Å². The summed E-state index contributed by atoms with van der Waals surface area (Å²) in [5, 5.41) is 3.88. The molecule has 0 aliphatic carbocycles. The van der Waals surface area contributed by atoms with Crippen molar-refractivity contribution in [2.75, 3.05) is 6.54 Å². The van der Waals surface area contributed by atoms with Crippen molar-refractivity contribution in [1.29, 1.82) is 0 Å². The van der Waals surface area contributed by atoms with Crippen molar-refractivity contribution in [2.45, 2.75) is 38.9 Å². The molecule has 78 valence electrons. The fraction of sp³-hybridized carbons (Fsp3) is 0.700. The van der Waals surface area contributed by atoms with E-state index in [1.807, 2.05) is 6.07 Å². The zero-order chi connectivity index (χ0) is 9.97. The van der Waals surface area contributed by atoms with Gasteiger partial charge in [0.2, 0.25) is 0 Å². The summed E-state index contributed by atoms with van der Waals surface area (Å²) in [6.07, 6.45) is 2.58. The van der Waals surface area contributed by atoms with Crippen LogP contribution in [-0.2, 0) is 13.1 Å². The van der Waals surface area contributed by atoms with Crippen molar-refractivity contribution >= 4 is 0 Å². The number of nitrogens with two attached hydrogens (primary N) is 1. The van der Waals surface area contributed by atoms with Crippen LogP contribution in [-0.4, -0.2) is 22.6 Å². The molecule has 0 aromatic carbocycles. The van der Waals surface area contributed by atoms with Crippen LogP contribution in [0.2, 0.25) is 0 Å². The first-order valence-electron chi connectivity index (χ1n) is 5.18. The maximum absolute atomic E-state index is 5.46. The molecular formula is C10H17N3O. The highest BCUT2D eigenvalue weighted by Crippen LogP contribution is 2.19. The molecule has 1 aliphatic heterocycles. The van der Waals surface area contributed by atoms with Crippen molar-refractivity contribution in [3.8, 4) is 0 Å². The van der Waals surface area contributed by atoms with Gasteiger partial charge in [-0.15, -0.1) is 0 Å². The Morgan fingerprint density at radius 3 is 3.14 bits per heavy atom. The van der Waals surface area contributed by atoms with Gasteiger partial charge >= 0.3 is 0 Å². The maximum atomic E-state index is 5.46. The second kappa shape index (κ2) is 4.11. The van der Waals surface area contributed by atoms with Gasteiger partial charge < -0.3 is 10.3 Å². The molecule has 0 spiro atoms. The van der Waals surface area contributed by atoms with E-state index in [1.54, 1.807) is 0 Å². The Morgan fingerprint density at radius 2 is 2.57 bits per heavy atom. The number of likely N-dealkylation sites (tertiary alicyclic amines) is 1. The molecule has 0 amide bonds. The van der Waals surface area contributed by atoms with Crippen LogP contribution >= 0.6 is 0 Å². The van der Waals surface area contributed by atoms with Crippen molar-refractivity contribution in [2.24, 2.45) is 5.73 Å². The first-order valence-corrected chi connectivity index (χ1v) is 5.18. The number of hydrogen-bond acceptors (Lipinski definition) is 4. The molecule has 2 heterocycles. The van der Waals surface area contributed by atoms with Gasteiger partial charge in [0.15, 0.2) is 5.76 Å². The molecule has 4 nitrogen and oxygen atoms in total. The number of hydrogen-bond donors (Lipinski definition) is 1. The SMILES string of the molecule is CC1CCCN1Cc1cc(CN)no1. The van der Waals surface area contributed by atoms with Gasteiger partial charge in [-0.25, -0.2) is 0 Å². The minimum atomic E-state index is 0.457. The molecule has 1 atom stereocenters. The predicted molar refractivity (Wildman–Crippen MR) is 53.5 cm³/mol. The molecule has 4 heteroatoms. The molecule has 0 bridgehead atoms. The average molecular weight is 195 g/mol. The van der Waals surface area contributed by atoms with E-state index in [2.05, 4.69) is 17.0 Å². The third-order valence-corrected chi connectivity index (χ3v) is 2.87. The molecule has 14 heavy (non-hydrogen) atoms. The fourth-order valence-electron chi connectivity index (χ4n) is 1.95. The fourth-order valence-corrected chi connectivity index (χ4v) is 1.95. The van der Waals surface area contributed by atoms with Gasteiger partial charge in [0.25, 0.3) is 0 Å². The van der Waals surface area contributed by atoms with E-state index in [0.717, 1.165) is 18.0 Å². The Bertz CT molecular complexity index is 297. The van der Waals surface area contributed by atoms with Crippen LogP contribution in [0.4, 0.5) is 0 Å². The first-order chi connectivity index (χ1) is 6.79. The van der Waals surface area contributed by atoms with Gasteiger partial charge in [-0.2, -0.15) is 0 Å². The summed E-state index contributed by atoms with van der Waals surface area (Å²) in [5.74, 6) is 0.930. The molecule has 1 unspecified atom stereocenters. The molecule has 1 aliphatic rings. The lowest BCUT2D eigenvalue weighted by Crippen LogP contribution is -2.25. The van der Waals surface area contributed by atoms with Crippen LogP contribution in [0.5, 0.6) is 0 Å². The topological polar surface area (TPSA) is 55.3 Å². The molecule has 0 radical (unpaired) electrons. The smallest absolute Gasteiger partial charge is 0.151 e. The second-order valence-corrected chi connectivity index (χ2v) is 3.95. The third kappa shape index (κ3) is 1.96. The molecule has 0 saturated carbocycles. The monoisotopic (exact) mass is 195 g/mol. The first kappa shape index (κ1) is 9.68. The molecule has 1 fully saturated rings. The summed E-state index contributed by atoms with van der Waals surface area (Å²) in [6, 6.07) is 2.62. The number of nitrogens with zero attached hydrogens (tertiary/aromatic N) is 2. The molecular weight excluding hydrogens is 178 g/mol. The normalized spacial score (nSPS) is 23.1. The largest absolute Gasteiger partial charge is 0.360 e. The van der Waals surface area contributed by atoms with Crippen LogP contribution in [0.1, 0.15) is 31.2 Å². The van der Waals surface area contributed by atoms with E-state index < -0.39 is 0 Å². The Balaban J connectivity index is 1.96. The van der Waals surface area contributed by atoms with Crippen molar-refractivity contribution < 1.29 is 4.52 Å². The van der Waals surface area contributed by atoms with Crippen molar-refractivity contribution in [1.82, 2.24) is 10.1 Å². The van der Waals surface area contributed by atoms with Gasteiger partial charge in [-0.05, 0) is 26.3 Å². The maximum Gasteiger partial charge on any atom is 0.151 e. The van der Waals surface area contributed by atoms with Crippen LogP contribution in [0.15, 0.2) is 10.6 Å². The van der Waals surface area contributed by atoms with Gasteiger partial charge in [0.1, 0.15) is 0 Å². The van der Waals surface area contributed by atoms with Crippen molar-refractivity contribution in [3.63, 3.8) is 0 Å². The van der Waals surface area contributed by atoms with Gasteiger partial charge in [0, 0.05) is 18.7 Å². The summed E-state index contributed by atoms with van der Waals surface area (Å²) >= 11 is 0. The minimum absolute atomic E-state index is 0.457. The van der Waals surface area contributed by atoms with Crippen LogP contribution < -0.4 is 5.73 Å². The molecule has 1 saturated heterocycles. The van der Waals surface area contributed by atoms with Gasteiger partial charge in [-0.1, -0.05) is 5.16 Å². The van der Waals surface area contributed by atoms with Crippen LogP contribution in [0.25, 0.3) is 0 Å². The number of aromatic nitrogens is 1. The highest BCUT2D eigenvalue weighted by molar-refractivity contribution is 5.05. The Labute approximate surface area is 84.0 Å². The Morgan fingerprint density at radius 1 is 1.71 bits per heavy atom. The summed E-state index contributed by atoms with van der Waals surface area (Å²) in [4.78, 5) is 2.42. The van der Waals surface area contributed by atoms with E-state index in [1.165, 1.54) is 19.4 Å². The van der Waals surface area contributed by atoms with E-state index in [-0.39, 0.29) is 0 Å². The Hall–Kier alpha value is -0.870.